The van der Waals surface area contributed by atoms with Crippen LogP contribution < -0.4 is 5.73 Å². The molecule has 2 heterocycles. The van der Waals surface area contributed by atoms with Crippen LogP contribution in [0.2, 0.25) is 0 Å². The second kappa shape index (κ2) is 6.50. The summed E-state index contributed by atoms with van der Waals surface area (Å²) in [5, 5.41) is 0. The second-order valence-corrected chi connectivity index (χ2v) is 4.63. The predicted octanol–water partition coefficient (Wildman–Crippen LogP) is 2.51. The van der Waals surface area contributed by atoms with E-state index >= 15 is 0 Å². The van der Waals surface area contributed by atoms with Gasteiger partial charge in [0.15, 0.2) is 5.65 Å². The molecule has 0 bridgehead atoms. The summed E-state index contributed by atoms with van der Waals surface area (Å²) < 4.78 is 2.26. The van der Waals surface area contributed by atoms with Crippen LogP contribution in [0.25, 0.3) is 11.2 Å². The molecular weight excluding hydrogens is 224 g/mol. The highest BCUT2D eigenvalue weighted by Gasteiger charge is 2.10. The number of imidazole rings is 1. The number of aromatic nitrogens is 3. The first kappa shape index (κ1) is 13.0. The highest BCUT2D eigenvalue weighted by molar-refractivity contribution is 5.71. The zero-order valence-corrected chi connectivity index (χ0v) is 11.1. The van der Waals surface area contributed by atoms with E-state index < -0.39 is 0 Å². The van der Waals surface area contributed by atoms with E-state index in [1.807, 2.05) is 18.3 Å². The van der Waals surface area contributed by atoms with Crippen molar-refractivity contribution in [1.82, 2.24) is 14.5 Å². The molecule has 0 amide bonds. The third-order valence-corrected chi connectivity index (χ3v) is 3.13. The number of unbranched alkanes of at least 4 members (excludes halogenated alkanes) is 2. The van der Waals surface area contributed by atoms with Gasteiger partial charge in [-0.2, -0.15) is 0 Å². The molecule has 0 aliphatic rings. The van der Waals surface area contributed by atoms with E-state index in [1.54, 1.807) is 0 Å². The molecule has 0 atom stereocenters. The van der Waals surface area contributed by atoms with Gasteiger partial charge >= 0.3 is 0 Å². The van der Waals surface area contributed by atoms with Gasteiger partial charge in [0.1, 0.15) is 11.3 Å². The molecule has 0 aliphatic heterocycles. The van der Waals surface area contributed by atoms with Crippen LogP contribution in [0.5, 0.6) is 0 Å². The Kier molecular flexibility index (Phi) is 4.70. The fourth-order valence-corrected chi connectivity index (χ4v) is 2.26. The number of aryl methyl sites for hydroxylation is 2. The lowest BCUT2D eigenvalue weighted by atomic mass is 10.2. The van der Waals surface area contributed by atoms with Gasteiger partial charge < -0.3 is 10.3 Å². The van der Waals surface area contributed by atoms with Crippen LogP contribution in [0.15, 0.2) is 18.3 Å². The maximum atomic E-state index is 5.52. The summed E-state index contributed by atoms with van der Waals surface area (Å²) in [5.41, 5.74) is 7.55. The summed E-state index contributed by atoms with van der Waals surface area (Å²) in [6.07, 6.45) is 7.42. The van der Waals surface area contributed by atoms with Gasteiger partial charge in [0.2, 0.25) is 0 Å². The van der Waals surface area contributed by atoms with Gasteiger partial charge in [-0.25, -0.2) is 9.97 Å². The number of fused-ring (bicyclic) bond motifs is 1. The topological polar surface area (TPSA) is 56.7 Å². The molecular formula is C14H22N4. The van der Waals surface area contributed by atoms with Gasteiger partial charge in [0.05, 0.1) is 0 Å². The average molecular weight is 246 g/mol. The number of hydrogen-bond donors (Lipinski definition) is 1. The van der Waals surface area contributed by atoms with Gasteiger partial charge in [0.25, 0.3) is 0 Å². The Morgan fingerprint density at radius 1 is 1.28 bits per heavy atom. The fraction of sp³-hybridized carbons (Fsp3) is 0.571. The minimum Gasteiger partial charge on any atom is -0.330 e. The predicted molar refractivity (Wildman–Crippen MR) is 74.4 cm³/mol. The lowest BCUT2D eigenvalue weighted by molar-refractivity contribution is 0.611. The zero-order valence-electron chi connectivity index (χ0n) is 11.1. The number of pyridine rings is 1. The van der Waals surface area contributed by atoms with Crippen LogP contribution in [-0.2, 0) is 13.0 Å². The van der Waals surface area contributed by atoms with Crippen LogP contribution in [0.4, 0.5) is 0 Å². The molecule has 0 aliphatic carbocycles. The second-order valence-electron chi connectivity index (χ2n) is 4.63. The molecule has 18 heavy (non-hydrogen) atoms. The molecule has 4 nitrogen and oxygen atoms in total. The van der Waals surface area contributed by atoms with Crippen molar-refractivity contribution in [3.05, 3.63) is 24.2 Å². The summed E-state index contributed by atoms with van der Waals surface area (Å²) >= 11 is 0. The van der Waals surface area contributed by atoms with Gasteiger partial charge in [-0.05, 0) is 37.9 Å². The lowest BCUT2D eigenvalue weighted by Crippen LogP contribution is -2.05. The van der Waals surface area contributed by atoms with Crippen molar-refractivity contribution in [3.63, 3.8) is 0 Å². The van der Waals surface area contributed by atoms with Gasteiger partial charge in [-0.1, -0.05) is 13.3 Å². The minimum absolute atomic E-state index is 0.785. The molecule has 0 saturated carbocycles. The highest BCUT2D eigenvalue weighted by atomic mass is 15.1. The van der Waals surface area contributed by atoms with Crippen LogP contribution in [-0.4, -0.2) is 21.1 Å². The van der Waals surface area contributed by atoms with E-state index in [4.69, 9.17) is 10.7 Å². The number of nitrogens with two attached hydrogens (primary N) is 1. The summed E-state index contributed by atoms with van der Waals surface area (Å²) in [4.78, 5) is 9.14. The Labute approximate surface area is 108 Å². The van der Waals surface area contributed by atoms with Gasteiger partial charge in [-0.15, -0.1) is 0 Å². The third-order valence-electron chi connectivity index (χ3n) is 3.13. The van der Waals surface area contributed by atoms with Crippen molar-refractivity contribution in [2.45, 2.75) is 45.6 Å². The number of hydrogen-bond acceptors (Lipinski definition) is 3. The normalized spacial score (nSPS) is 11.2. The van der Waals surface area contributed by atoms with Crippen molar-refractivity contribution < 1.29 is 0 Å². The van der Waals surface area contributed by atoms with Gasteiger partial charge in [-0.3, -0.25) is 0 Å². The Morgan fingerprint density at radius 2 is 2.17 bits per heavy atom. The first-order valence-corrected chi connectivity index (χ1v) is 6.87. The van der Waals surface area contributed by atoms with Crippen molar-refractivity contribution in [2.75, 3.05) is 6.54 Å². The Hall–Kier alpha value is -1.42. The smallest absolute Gasteiger partial charge is 0.159 e. The zero-order chi connectivity index (χ0) is 12.8. The summed E-state index contributed by atoms with van der Waals surface area (Å²) in [7, 11) is 0. The standard InChI is InChI=1S/C14H22N4/c1-2-11-18-13(8-4-3-5-9-15)17-12-7-6-10-16-14(12)18/h6-7,10H,2-5,8-9,11,15H2,1H3. The quantitative estimate of drug-likeness (QED) is 0.764. The largest absolute Gasteiger partial charge is 0.330 e. The third kappa shape index (κ3) is 2.88. The molecule has 0 fully saturated rings. The lowest BCUT2D eigenvalue weighted by Gasteiger charge is -2.06. The van der Waals surface area contributed by atoms with E-state index in [0.717, 1.165) is 49.9 Å². The van der Waals surface area contributed by atoms with Crippen molar-refractivity contribution in [2.24, 2.45) is 5.73 Å². The molecule has 0 radical (unpaired) electrons. The molecule has 0 aromatic carbocycles. The Balaban J connectivity index is 2.17. The van der Waals surface area contributed by atoms with Gasteiger partial charge in [0, 0.05) is 19.2 Å². The van der Waals surface area contributed by atoms with Crippen molar-refractivity contribution in [1.29, 1.82) is 0 Å². The molecule has 2 N–H and O–H groups in total. The van der Waals surface area contributed by atoms with E-state index in [2.05, 4.69) is 16.5 Å². The first-order chi connectivity index (χ1) is 8.86. The van der Waals surface area contributed by atoms with E-state index in [1.165, 1.54) is 12.2 Å². The maximum absolute atomic E-state index is 5.52. The number of rotatable bonds is 7. The minimum atomic E-state index is 0.785. The van der Waals surface area contributed by atoms with Crippen molar-refractivity contribution in [3.8, 4) is 0 Å². The SMILES string of the molecule is CCCn1c(CCCCCN)nc2cccnc21. The number of nitrogens with zero attached hydrogens (tertiary/aromatic N) is 3. The molecule has 2 aromatic rings. The van der Waals surface area contributed by atoms with Crippen LogP contribution in [0, 0.1) is 0 Å². The molecule has 2 rings (SSSR count). The Morgan fingerprint density at radius 3 is 2.94 bits per heavy atom. The molecule has 4 heteroatoms. The van der Waals surface area contributed by atoms with E-state index in [0.29, 0.717) is 0 Å². The first-order valence-electron chi connectivity index (χ1n) is 6.87. The molecule has 0 unspecified atom stereocenters. The highest BCUT2D eigenvalue weighted by Crippen LogP contribution is 2.16. The average Bonchev–Trinajstić information content (AvgIpc) is 2.74. The fourth-order valence-electron chi connectivity index (χ4n) is 2.26. The summed E-state index contributed by atoms with van der Waals surface area (Å²) in [5.74, 6) is 1.17. The summed E-state index contributed by atoms with van der Waals surface area (Å²) in [6.45, 7) is 3.97. The Bertz CT molecular complexity index is 489. The maximum Gasteiger partial charge on any atom is 0.159 e. The van der Waals surface area contributed by atoms with Crippen LogP contribution in [0.3, 0.4) is 0 Å². The van der Waals surface area contributed by atoms with Crippen LogP contribution >= 0.6 is 0 Å². The molecule has 0 saturated heterocycles. The van der Waals surface area contributed by atoms with Crippen LogP contribution in [0.1, 0.15) is 38.4 Å². The van der Waals surface area contributed by atoms with Crippen molar-refractivity contribution >= 4 is 11.2 Å². The molecule has 0 spiro atoms. The molecule has 2 aromatic heterocycles. The molecule has 98 valence electrons. The van der Waals surface area contributed by atoms with E-state index in [-0.39, 0.29) is 0 Å². The monoisotopic (exact) mass is 246 g/mol. The summed E-state index contributed by atoms with van der Waals surface area (Å²) in [6, 6.07) is 3.99. The van der Waals surface area contributed by atoms with E-state index in [9.17, 15) is 0 Å².